The molecule has 1 aliphatic heterocycles. The number of piperidine rings is 1. The van der Waals surface area contributed by atoms with Crippen LogP contribution in [0, 0.1) is 0 Å². The van der Waals surface area contributed by atoms with Gasteiger partial charge >= 0.3 is 0 Å². The third-order valence-electron chi connectivity index (χ3n) is 5.83. The largest absolute Gasteiger partial charge is 0.326 e. The Morgan fingerprint density at radius 3 is 2.41 bits per heavy atom. The Kier molecular flexibility index (Phi) is 5.36. The molecule has 120 valence electrons. The Morgan fingerprint density at radius 1 is 0.955 bits per heavy atom. The van der Waals surface area contributed by atoms with Crippen LogP contribution in [0.25, 0.3) is 0 Å². The number of quaternary nitrogens is 1. The molecular weight excluding hydrogens is 266 g/mol. The van der Waals surface area contributed by atoms with Crippen LogP contribution in [-0.2, 0) is 0 Å². The molecule has 2 aliphatic rings. The number of likely N-dealkylation sites (tertiary alicyclic amines) is 1. The van der Waals surface area contributed by atoms with Gasteiger partial charge in [0.05, 0.1) is 26.7 Å². The van der Waals surface area contributed by atoms with Gasteiger partial charge < -0.3 is 4.48 Å². The van der Waals surface area contributed by atoms with E-state index < -0.39 is 0 Å². The van der Waals surface area contributed by atoms with Gasteiger partial charge in [-0.3, -0.25) is 0 Å². The first-order chi connectivity index (χ1) is 10.8. The van der Waals surface area contributed by atoms with E-state index in [-0.39, 0.29) is 0 Å². The molecule has 1 fully saturated rings. The molecule has 1 aromatic carbocycles. The summed E-state index contributed by atoms with van der Waals surface area (Å²) >= 11 is 0. The van der Waals surface area contributed by atoms with Gasteiger partial charge in [-0.2, -0.15) is 0 Å². The Hall–Kier alpha value is -1.08. The summed E-state index contributed by atoms with van der Waals surface area (Å²) in [4.78, 5) is 0. The number of rotatable bonds is 5. The van der Waals surface area contributed by atoms with Gasteiger partial charge in [-0.1, -0.05) is 42.0 Å². The molecule has 0 radical (unpaired) electrons. The molecule has 0 N–H and O–H groups in total. The molecule has 0 unspecified atom stereocenters. The molecule has 0 aromatic heterocycles. The molecule has 1 saturated heterocycles. The van der Waals surface area contributed by atoms with Crippen molar-refractivity contribution in [3.8, 4) is 0 Å². The molecule has 3 rings (SSSR count). The summed E-state index contributed by atoms with van der Waals surface area (Å²) < 4.78 is 1.30. The highest BCUT2D eigenvalue weighted by molar-refractivity contribution is 5.29. The summed E-state index contributed by atoms with van der Waals surface area (Å²) in [6, 6.07) is 11.3. The number of benzene rings is 1. The van der Waals surface area contributed by atoms with Gasteiger partial charge in [0.15, 0.2) is 0 Å². The van der Waals surface area contributed by atoms with E-state index in [4.69, 9.17) is 0 Å². The quantitative estimate of drug-likeness (QED) is 0.512. The minimum Gasteiger partial charge on any atom is -0.326 e. The minimum atomic E-state index is 0.665. The van der Waals surface area contributed by atoms with Crippen molar-refractivity contribution in [2.45, 2.75) is 57.3 Å². The van der Waals surface area contributed by atoms with Crippen LogP contribution in [0.2, 0.25) is 0 Å². The van der Waals surface area contributed by atoms with E-state index in [1.807, 2.05) is 0 Å². The second kappa shape index (κ2) is 7.46. The summed E-state index contributed by atoms with van der Waals surface area (Å²) in [5.74, 6) is 0.665. The van der Waals surface area contributed by atoms with Crippen LogP contribution in [0.4, 0.5) is 0 Å². The molecule has 0 saturated carbocycles. The number of hydrogen-bond acceptors (Lipinski definition) is 0. The monoisotopic (exact) mass is 298 g/mol. The highest BCUT2D eigenvalue weighted by Gasteiger charge is 2.27. The molecule has 0 bridgehead atoms. The second-order valence-corrected chi connectivity index (χ2v) is 7.63. The zero-order chi connectivity index (χ0) is 15.3. The van der Waals surface area contributed by atoms with E-state index in [0.717, 1.165) is 0 Å². The van der Waals surface area contributed by atoms with Crippen molar-refractivity contribution in [2.75, 3.05) is 26.7 Å². The lowest BCUT2D eigenvalue weighted by atomic mass is 9.82. The van der Waals surface area contributed by atoms with Crippen LogP contribution in [0.5, 0.6) is 0 Å². The highest BCUT2D eigenvalue weighted by Crippen LogP contribution is 2.35. The van der Waals surface area contributed by atoms with Gasteiger partial charge in [0.25, 0.3) is 0 Å². The summed E-state index contributed by atoms with van der Waals surface area (Å²) in [5, 5.41) is 0. The fourth-order valence-corrected chi connectivity index (χ4v) is 4.37. The van der Waals surface area contributed by atoms with Gasteiger partial charge in [0.2, 0.25) is 0 Å². The van der Waals surface area contributed by atoms with E-state index >= 15 is 0 Å². The first-order valence-corrected chi connectivity index (χ1v) is 9.34. The molecule has 0 amide bonds. The summed E-state index contributed by atoms with van der Waals surface area (Å²) in [5.41, 5.74) is 3.26. The van der Waals surface area contributed by atoms with Crippen LogP contribution in [0.1, 0.15) is 62.8 Å². The third kappa shape index (κ3) is 4.01. The molecule has 1 nitrogen and oxygen atoms in total. The summed E-state index contributed by atoms with van der Waals surface area (Å²) in [7, 11) is 2.48. The van der Waals surface area contributed by atoms with E-state index in [2.05, 4.69) is 43.5 Å². The zero-order valence-corrected chi connectivity index (χ0v) is 14.3. The second-order valence-electron chi connectivity index (χ2n) is 7.63. The lowest BCUT2D eigenvalue weighted by Crippen LogP contribution is -2.48. The van der Waals surface area contributed by atoms with Crippen molar-refractivity contribution < 1.29 is 4.48 Å². The molecule has 0 spiro atoms. The van der Waals surface area contributed by atoms with E-state index in [0.29, 0.717) is 5.92 Å². The van der Waals surface area contributed by atoms with Crippen molar-refractivity contribution in [1.29, 1.82) is 0 Å². The fourth-order valence-electron chi connectivity index (χ4n) is 4.37. The van der Waals surface area contributed by atoms with E-state index in [1.54, 1.807) is 11.1 Å². The van der Waals surface area contributed by atoms with Crippen molar-refractivity contribution in [2.24, 2.45) is 0 Å². The highest BCUT2D eigenvalue weighted by atomic mass is 15.3. The Bertz CT molecular complexity index is 482. The SMILES string of the molecule is C[N+]1(CC[C@@H](C2=CCCCC2)c2ccccc2)CCCCC1. The van der Waals surface area contributed by atoms with Crippen LogP contribution >= 0.6 is 0 Å². The maximum absolute atomic E-state index is 2.55. The average Bonchev–Trinajstić information content (AvgIpc) is 2.58. The molecule has 1 aliphatic carbocycles. The lowest BCUT2D eigenvalue weighted by Gasteiger charge is -2.39. The molecule has 1 atom stereocenters. The normalized spacial score (nSPS) is 22.9. The average molecular weight is 298 g/mol. The first kappa shape index (κ1) is 15.8. The maximum atomic E-state index is 2.55. The van der Waals surface area contributed by atoms with Crippen LogP contribution in [0.3, 0.4) is 0 Å². The van der Waals surface area contributed by atoms with Crippen LogP contribution < -0.4 is 0 Å². The smallest absolute Gasteiger partial charge is 0.0793 e. The van der Waals surface area contributed by atoms with Gasteiger partial charge in [0.1, 0.15) is 0 Å². The van der Waals surface area contributed by atoms with Gasteiger partial charge in [-0.15, -0.1) is 0 Å². The Labute approximate surface area is 136 Å². The van der Waals surface area contributed by atoms with Gasteiger partial charge in [0, 0.05) is 12.3 Å². The molecule has 1 heterocycles. The summed E-state index contributed by atoms with van der Waals surface area (Å²) in [6.45, 7) is 4.12. The third-order valence-corrected chi connectivity index (χ3v) is 5.83. The van der Waals surface area contributed by atoms with Gasteiger partial charge in [-0.25, -0.2) is 0 Å². The first-order valence-electron chi connectivity index (χ1n) is 9.34. The number of allylic oxidation sites excluding steroid dienone is 2. The van der Waals surface area contributed by atoms with Crippen molar-refractivity contribution >= 4 is 0 Å². The van der Waals surface area contributed by atoms with Crippen LogP contribution in [0.15, 0.2) is 42.0 Å². The van der Waals surface area contributed by atoms with Crippen LogP contribution in [-0.4, -0.2) is 31.2 Å². The minimum absolute atomic E-state index is 0.665. The molecule has 1 aromatic rings. The molecule has 22 heavy (non-hydrogen) atoms. The molecule has 1 heteroatoms. The molecular formula is C21H32N+. The Balaban J connectivity index is 1.72. The summed E-state index contributed by atoms with van der Waals surface area (Å²) in [6.07, 6.45) is 13.6. The lowest BCUT2D eigenvalue weighted by molar-refractivity contribution is -0.914. The topological polar surface area (TPSA) is 0 Å². The van der Waals surface area contributed by atoms with Gasteiger partial charge in [-0.05, 0) is 50.5 Å². The standard InChI is InChI=1S/C21H32N/c1-22(16-9-4-10-17-22)18-15-21(19-11-5-2-6-12-19)20-13-7-3-8-14-20/h2,5-6,11-13,21H,3-4,7-10,14-18H2,1H3/q+1/t21-/m1/s1. The van der Waals surface area contributed by atoms with Crippen molar-refractivity contribution in [3.63, 3.8) is 0 Å². The Morgan fingerprint density at radius 2 is 1.73 bits per heavy atom. The predicted molar refractivity (Wildman–Crippen MR) is 95.0 cm³/mol. The van der Waals surface area contributed by atoms with E-state index in [1.165, 1.54) is 75.5 Å². The number of nitrogens with zero attached hydrogens (tertiary/aromatic N) is 1. The maximum Gasteiger partial charge on any atom is 0.0793 e. The van der Waals surface area contributed by atoms with Crippen molar-refractivity contribution in [1.82, 2.24) is 0 Å². The van der Waals surface area contributed by atoms with E-state index in [9.17, 15) is 0 Å². The zero-order valence-electron chi connectivity index (χ0n) is 14.3. The predicted octanol–water partition coefficient (Wildman–Crippen LogP) is 5.29. The van der Waals surface area contributed by atoms with Crippen molar-refractivity contribution in [3.05, 3.63) is 47.5 Å². The fraction of sp³-hybridized carbons (Fsp3) is 0.619. The number of hydrogen-bond donors (Lipinski definition) is 0.